The number of rotatable bonds is 7. The lowest BCUT2D eigenvalue weighted by molar-refractivity contribution is -0.387. The predicted molar refractivity (Wildman–Crippen MR) is 96.7 cm³/mol. The first-order valence-corrected chi connectivity index (χ1v) is 8.65. The molecule has 0 spiro atoms. The topological polar surface area (TPSA) is 105 Å². The van der Waals surface area contributed by atoms with Gasteiger partial charge in [-0.2, -0.15) is 0 Å². The smallest absolute Gasteiger partial charge is 0.289 e. The number of benzene rings is 1. The van der Waals surface area contributed by atoms with Crippen molar-refractivity contribution in [2.45, 2.75) is 11.3 Å². The highest BCUT2D eigenvalue weighted by atomic mass is 35.5. The van der Waals surface area contributed by atoms with Crippen molar-refractivity contribution < 1.29 is 13.3 Å². The van der Waals surface area contributed by atoms with Gasteiger partial charge in [-0.25, -0.2) is 13.1 Å². The van der Waals surface area contributed by atoms with Crippen LogP contribution in [-0.4, -0.2) is 57.5 Å². The molecule has 1 fully saturated rings. The molecule has 0 radical (unpaired) electrons. The largest absolute Gasteiger partial charge is 0.314 e. The molecular weight excluding hydrogens is 379 g/mol. The fourth-order valence-corrected chi connectivity index (χ4v) is 3.60. The van der Waals surface area contributed by atoms with Gasteiger partial charge in [0, 0.05) is 38.8 Å². The van der Waals surface area contributed by atoms with Gasteiger partial charge in [-0.05, 0) is 19.0 Å². The highest BCUT2D eigenvalue weighted by Crippen LogP contribution is 2.22. The first kappa shape index (κ1) is 23.0. The average Bonchev–Trinajstić information content (AvgIpc) is 2.52. The van der Waals surface area contributed by atoms with Gasteiger partial charge in [-0.15, -0.1) is 24.8 Å². The molecule has 138 valence electrons. The minimum atomic E-state index is -3.86. The van der Waals surface area contributed by atoms with E-state index in [4.69, 9.17) is 0 Å². The van der Waals surface area contributed by atoms with Gasteiger partial charge in [0.2, 0.25) is 10.0 Å². The van der Waals surface area contributed by atoms with Gasteiger partial charge in [0.1, 0.15) is 0 Å². The Balaban J connectivity index is 0.00000264. The molecule has 1 heterocycles. The van der Waals surface area contributed by atoms with Crippen LogP contribution in [0.1, 0.15) is 6.42 Å². The maximum atomic E-state index is 12.2. The van der Waals surface area contributed by atoms with Gasteiger partial charge in [-0.3, -0.25) is 10.1 Å². The van der Waals surface area contributed by atoms with Crippen molar-refractivity contribution in [1.82, 2.24) is 14.9 Å². The maximum absolute atomic E-state index is 12.2. The Bertz CT molecular complexity index is 624. The van der Waals surface area contributed by atoms with E-state index >= 15 is 0 Å². The molecule has 2 N–H and O–H groups in total. The third-order valence-corrected chi connectivity index (χ3v) is 5.01. The third kappa shape index (κ3) is 6.50. The fourth-order valence-electron chi connectivity index (χ4n) is 2.36. The first-order chi connectivity index (χ1) is 10.5. The molecule has 0 unspecified atom stereocenters. The number of nitro groups is 1. The number of nitro benzene ring substituents is 1. The van der Waals surface area contributed by atoms with Gasteiger partial charge in [0.05, 0.1) is 4.92 Å². The van der Waals surface area contributed by atoms with Crippen LogP contribution in [0, 0.1) is 10.1 Å². The van der Waals surface area contributed by atoms with Crippen molar-refractivity contribution in [3.05, 3.63) is 34.4 Å². The number of halogens is 2. The lowest BCUT2D eigenvalue weighted by Gasteiger charge is -2.27. The number of nitrogens with one attached hydrogen (secondary N) is 2. The van der Waals surface area contributed by atoms with Gasteiger partial charge >= 0.3 is 0 Å². The summed E-state index contributed by atoms with van der Waals surface area (Å²) in [6, 6.07) is 5.36. The Labute approximate surface area is 154 Å². The summed E-state index contributed by atoms with van der Waals surface area (Å²) in [6.45, 7) is 4.87. The molecule has 1 aromatic rings. The van der Waals surface area contributed by atoms with E-state index in [-0.39, 0.29) is 36.3 Å². The zero-order valence-electron chi connectivity index (χ0n) is 13.0. The first-order valence-electron chi connectivity index (χ1n) is 7.17. The van der Waals surface area contributed by atoms with Crippen LogP contribution >= 0.6 is 24.8 Å². The molecule has 2 rings (SSSR count). The molecule has 1 aliphatic rings. The molecule has 8 nitrogen and oxygen atoms in total. The Kier molecular flexibility index (Phi) is 10.4. The second kappa shape index (κ2) is 10.8. The number of nitrogens with zero attached hydrogens (tertiary/aromatic N) is 2. The van der Waals surface area contributed by atoms with E-state index < -0.39 is 20.6 Å². The monoisotopic (exact) mass is 400 g/mol. The summed E-state index contributed by atoms with van der Waals surface area (Å²) >= 11 is 0. The summed E-state index contributed by atoms with van der Waals surface area (Å²) in [5.74, 6) is 0. The van der Waals surface area contributed by atoms with Crippen LogP contribution in [0.25, 0.3) is 0 Å². The Morgan fingerprint density at radius 1 is 1.21 bits per heavy atom. The van der Waals surface area contributed by atoms with Crippen molar-refractivity contribution in [3.63, 3.8) is 0 Å². The SMILES string of the molecule is Cl.Cl.O=[N+]([O-])c1ccccc1S(=O)(=O)NCCCN1CCNCC1. The second-order valence-corrected chi connectivity index (χ2v) is 6.80. The molecule has 0 saturated carbocycles. The average molecular weight is 401 g/mol. The minimum Gasteiger partial charge on any atom is -0.314 e. The zero-order chi connectivity index (χ0) is 16.0. The number of hydrogen-bond acceptors (Lipinski definition) is 6. The van der Waals surface area contributed by atoms with Crippen LogP contribution in [0.5, 0.6) is 0 Å². The molecule has 1 aliphatic heterocycles. The summed E-state index contributed by atoms with van der Waals surface area (Å²) in [7, 11) is -3.86. The highest BCUT2D eigenvalue weighted by Gasteiger charge is 2.24. The quantitative estimate of drug-likeness (QED) is 0.402. The Hall–Kier alpha value is -0.970. The van der Waals surface area contributed by atoms with Crippen molar-refractivity contribution in [1.29, 1.82) is 0 Å². The Morgan fingerprint density at radius 2 is 1.83 bits per heavy atom. The van der Waals surface area contributed by atoms with Crippen LogP contribution in [0.3, 0.4) is 0 Å². The minimum absolute atomic E-state index is 0. The van der Waals surface area contributed by atoms with E-state index in [1.807, 2.05) is 0 Å². The number of hydrogen-bond donors (Lipinski definition) is 2. The molecule has 0 bridgehead atoms. The van der Waals surface area contributed by atoms with E-state index in [0.29, 0.717) is 6.42 Å². The lowest BCUT2D eigenvalue weighted by atomic mass is 10.3. The Morgan fingerprint density at radius 3 is 2.46 bits per heavy atom. The second-order valence-electron chi connectivity index (χ2n) is 5.07. The van der Waals surface area contributed by atoms with Crippen LogP contribution in [0.2, 0.25) is 0 Å². The van der Waals surface area contributed by atoms with Gasteiger partial charge in [0.15, 0.2) is 4.90 Å². The van der Waals surface area contributed by atoms with Crippen LogP contribution < -0.4 is 10.0 Å². The summed E-state index contributed by atoms with van der Waals surface area (Å²) in [6.07, 6.45) is 0.667. The molecule has 0 atom stereocenters. The summed E-state index contributed by atoms with van der Waals surface area (Å²) in [4.78, 5) is 12.2. The highest BCUT2D eigenvalue weighted by molar-refractivity contribution is 7.89. The zero-order valence-corrected chi connectivity index (χ0v) is 15.5. The normalized spacial score (nSPS) is 15.2. The fraction of sp³-hybridized carbons (Fsp3) is 0.538. The van der Waals surface area contributed by atoms with Gasteiger partial charge < -0.3 is 10.2 Å². The molecule has 0 aromatic heterocycles. The van der Waals surface area contributed by atoms with Gasteiger partial charge in [-0.1, -0.05) is 12.1 Å². The van der Waals surface area contributed by atoms with E-state index in [1.165, 1.54) is 24.3 Å². The van der Waals surface area contributed by atoms with Crippen LogP contribution in [0.4, 0.5) is 5.69 Å². The summed E-state index contributed by atoms with van der Waals surface area (Å²) in [5, 5.41) is 14.2. The standard InChI is InChI=1S/C13H20N4O4S.2ClH/c18-17(19)12-4-1-2-5-13(12)22(20,21)15-6-3-9-16-10-7-14-8-11-16;;/h1-2,4-5,14-15H,3,6-11H2;2*1H. The lowest BCUT2D eigenvalue weighted by Crippen LogP contribution is -2.44. The van der Waals surface area contributed by atoms with Crippen LogP contribution in [-0.2, 0) is 10.0 Å². The molecule has 0 aliphatic carbocycles. The van der Waals surface area contributed by atoms with E-state index in [1.54, 1.807) is 0 Å². The third-order valence-electron chi connectivity index (χ3n) is 3.50. The summed E-state index contributed by atoms with van der Waals surface area (Å²) < 4.78 is 26.8. The van der Waals surface area contributed by atoms with Crippen LogP contribution in [0.15, 0.2) is 29.2 Å². The van der Waals surface area contributed by atoms with Crippen molar-refractivity contribution in [3.8, 4) is 0 Å². The van der Waals surface area contributed by atoms with E-state index in [2.05, 4.69) is 14.9 Å². The van der Waals surface area contributed by atoms with Crippen molar-refractivity contribution in [2.24, 2.45) is 0 Å². The maximum Gasteiger partial charge on any atom is 0.289 e. The summed E-state index contributed by atoms with van der Waals surface area (Å²) in [5.41, 5.74) is -0.405. The predicted octanol–water partition coefficient (Wildman–Crippen LogP) is 1.01. The van der Waals surface area contributed by atoms with Gasteiger partial charge in [0.25, 0.3) is 5.69 Å². The van der Waals surface area contributed by atoms with Crippen molar-refractivity contribution in [2.75, 3.05) is 39.3 Å². The molecular formula is C13H22Cl2N4O4S. The number of para-hydroxylation sites is 1. The van der Waals surface area contributed by atoms with Crippen molar-refractivity contribution >= 4 is 40.5 Å². The molecule has 1 aromatic carbocycles. The molecule has 11 heteroatoms. The molecule has 1 saturated heterocycles. The molecule has 0 amide bonds. The van der Waals surface area contributed by atoms with E-state index in [9.17, 15) is 18.5 Å². The number of piperazine rings is 1. The molecule has 24 heavy (non-hydrogen) atoms. The van der Waals surface area contributed by atoms with E-state index in [0.717, 1.165) is 32.7 Å². The number of sulfonamides is 1.